The van der Waals surface area contributed by atoms with E-state index < -0.39 is 11.8 Å². The van der Waals surface area contributed by atoms with Crippen molar-refractivity contribution in [2.45, 2.75) is 62.8 Å². The highest BCUT2D eigenvalue weighted by Crippen LogP contribution is 2.41. The van der Waals surface area contributed by atoms with Crippen molar-refractivity contribution in [1.29, 1.82) is 0 Å². The summed E-state index contributed by atoms with van der Waals surface area (Å²) in [6.45, 7) is 0.276. The number of benzene rings is 1. The zero-order valence-corrected chi connectivity index (χ0v) is 14.9. The van der Waals surface area contributed by atoms with Crippen LogP contribution in [0.15, 0.2) is 24.3 Å². The summed E-state index contributed by atoms with van der Waals surface area (Å²) in [6, 6.07) is 6.56. The van der Waals surface area contributed by atoms with Crippen LogP contribution in [0, 0.1) is 0 Å². The number of hydrogen-bond acceptors (Lipinski definition) is 3. The smallest absolute Gasteiger partial charge is 0.256 e. The van der Waals surface area contributed by atoms with Gasteiger partial charge in [0.15, 0.2) is 0 Å². The standard InChI is InChI=1S/C19H23ClN2O3/c20-14-6-4-13(5-7-14)18(24)22-16(17(23)21-15-8-9-15)12-25-19(22)10-2-1-3-11-19/h4-7,15-16H,1-3,8-12H2,(H,21,23). The number of amides is 2. The molecular formula is C19H23ClN2O3. The molecule has 1 atom stereocenters. The lowest BCUT2D eigenvalue weighted by molar-refractivity contribution is -0.127. The molecule has 1 saturated heterocycles. The van der Waals surface area contributed by atoms with Gasteiger partial charge in [-0.2, -0.15) is 0 Å². The van der Waals surface area contributed by atoms with Gasteiger partial charge in [-0.05, 0) is 62.8 Å². The molecule has 0 radical (unpaired) electrons. The first kappa shape index (κ1) is 16.9. The van der Waals surface area contributed by atoms with E-state index in [1.54, 1.807) is 29.2 Å². The molecule has 0 bridgehead atoms. The lowest BCUT2D eigenvalue weighted by Gasteiger charge is -2.41. The maximum Gasteiger partial charge on any atom is 0.256 e. The molecule has 1 spiro atoms. The molecule has 134 valence electrons. The Hall–Kier alpha value is -1.59. The van der Waals surface area contributed by atoms with E-state index >= 15 is 0 Å². The number of nitrogens with one attached hydrogen (secondary N) is 1. The number of carbonyl (C=O) groups is 2. The first-order valence-corrected chi connectivity index (χ1v) is 9.50. The van der Waals surface area contributed by atoms with E-state index in [1.165, 1.54) is 0 Å². The van der Waals surface area contributed by atoms with Crippen molar-refractivity contribution in [3.05, 3.63) is 34.9 Å². The van der Waals surface area contributed by atoms with Crippen molar-refractivity contribution >= 4 is 23.4 Å². The predicted molar refractivity (Wildman–Crippen MR) is 94.3 cm³/mol. The molecule has 1 aromatic rings. The minimum atomic E-state index is -0.638. The first-order chi connectivity index (χ1) is 12.1. The van der Waals surface area contributed by atoms with Gasteiger partial charge in [-0.25, -0.2) is 0 Å². The highest BCUT2D eigenvalue weighted by molar-refractivity contribution is 6.30. The normalized spacial score (nSPS) is 25.2. The van der Waals surface area contributed by atoms with Gasteiger partial charge in [0.2, 0.25) is 5.91 Å². The molecule has 1 heterocycles. The summed E-state index contributed by atoms with van der Waals surface area (Å²) < 4.78 is 6.11. The predicted octanol–water partition coefficient (Wildman–Crippen LogP) is 3.12. The molecule has 1 aromatic carbocycles. The van der Waals surface area contributed by atoms with Crippen molar-refractivity contribution < 1.29 is 14.3 Å². The van der Waals surface area contributed by atoms with Crippen LogP contribution in [0.5, 0.6) is 0 Å². The SMILES string of the molecule is O=C(NC1CC1)C1COC2(CCCCC2)N1C(=O)c1ccc(Cl)cc1. The van der Waals surface area contributed by atoms with E-state index in [9.17, 15) is 9.59 Å². The van der Waals surface area contributed by atoms with Crippen LogP contribution in [-0.4, -0.2) is 41.1 Å². The zero-order valence-electron chi connectivity index (χ0n) is 14.2. The molecule has 3 aliphatic rings. The molecule has 4 rings (SSSR count). The van der Waals surface area contributed by atoms with Gasteiger partial charge < -0.3 is 10.1 Å². The van der Waals surface area contributed by atoms with Crippen LogP contribution in [0.3, 0.4) is 0 Å². The van der Waals surface area contributed by atoms with Crippen molar-refractivity contribution in [1.82, 2.24) is 10.2 Å². The second-order valence-corrected chi connectivity index (χ2v) is 7.73. The first-order valence-electron chi connectivity index (χ1n) is 9.13. The van der Waals surface area contributed by atoms with Gasteiger partial charge >= 0.3 is 0 Å². The topological polar surface area (TPSA) is 58.6 Å². The Morgan fingerprint density at radius 2 is 1.80 bits per heavy atom. The third kappa shape index (κ3) is 3.27. The Bertz CT molecular complexity index is 666. The third-order valence-corrected chi connectivity index (χ3v) is 5.68. The van der Waals surface area contributed by atoms with Crippen molar-refractivity contribution in [2.24, 2.45) is 0 Å². The van der Waals surface area contributed by atoms with Gasteiger partial charge in [-0.1, -0.05) is 18.0 Å². The molecule has 1 unspecified atom stereocenters. The summed E-state index contributed by atoms with van der Waals surface area (Å²) in [5.74, 6) is -0.237. The number of halogens is 1. The summed E-state index contributed by atoms with van der Waals surface area (Å²) in [4.78, 5) is 27.7. The van der Waals surface area contributed by atoms with Gasteiger partial charge in [0.25, 0.3) is 5.91 Å². The quantitative estimate of drug-likeness (QED) is 0.898. The summed E-state index contributed by atoms with van der Waals surface area (Å²) in [6.07, 6.45) is 6.81. The Labute approximate surface area is 152 Å². The molecule has 1 aliphatic heterocycles. The fourth-order valence-electron chi connectivity index (χ4n) is 3.93. The van der Waals surface area contributed by atoms with Crippen LogP contribution in [0.4, 0.5) is 0 Å². The van der Waals surface area contributed by atoms with E-state index in [0.29, 0.717) is 10.6 Å². The number of hydrogen-bond donors (Lipinski definition) is 1. The molecule has 6 heteroatoms. The molecule has 2 saturated carbocycles. The number of ether oxygens (including phenoxy) is 1. The zero-order chi connectivity index (χ0) is 17.4. The third-order valence-electron chi connectivity index (χ3n) is 5.43. The Morgan fingerprint density at radius 1 is 1.12 bits per heavy atom. The monoisotopic (exact) mass is 362 g/mol. The van der Waals surface area contributed by atoms with Crippen LogP contribution < -0.4 is 5.32 Å². The lowest BCUT2D eigenvalue weighted by Crippen LogP contribution is -2.56. The minimum absolute atomic E-state index is 0.0905. The van der Waals surface area contributed by atoms with Gasteiger partial charge in [0.05, 0.1) is 6.61 Å². The number of nitrogens with zero attached hydrogens (tertiary/aromatic N) is 1. The summed E-state index contributed by atoms with van der Waals surface area (Å²) in [7, 11) is 0. The van der Waals surface area contributed by atoms with E-state index in [2.05, 4.69) is 5.32 Å². The minimum Gasteiger partial charge on any atom is -0.353 e. The van der Waals surface area contributed by atoms with Gasteiger partial charge in [-0.3, -0.25) is 14.5 Å². The van der Waals surface area contributed by atoms with E-state index in [4.69, 9.17) is 16.3 Å². The second-order valence-electron chi connectivity index (χ2n) is 7.30. The van der Waals surface area contributed by atoms with Gasteiger partial charge in [0.1, 0.15) is 11.8 Å². The fourth-order valence-corrected chi connectivity index (χ4v) is 4.05. The molecule has 1 N–H and O–H groups in total. The van der Waals surface area contributed by atoms with E-state index in [-0.39, 0.29) is 24.5 Å². The Kier molecular flexibility index (Phi) is 4.46. The summed E-state index contributed by atoms with van der Waals surface area (Å²) in [5, 5.41) is 3.62. The van der Waals surface area contributed by atoms with Crippen LogP contribution in [0.1, 0.15) is 55.3 Å². The Balaban J connectivity index is 1.64. The molecule has 2 aliphatic carbocycles. The second kappa shape index (κ2) is 6.61. The van der Waals surface area contributed by atoms with E-state index in [1.807, 2.05) is 0 Å². The van der Waals surface area contributed by atoms with Crippen LogP contribution in [-0.2, 0) is 9.53 Å². The average Bonchev–Trinajstić information content (AvgIpc) is 3.36. The maximum absolute atomic E-state index is 13.3. The van der Waals surface area contributed by atoms with Crippen LogP contribution >= 0.6 is 11.6 Å². The van der Waals surface area contributed by atoms with Crippen LogP contribution in [0.2, 0.25) is 5.02 Å². The van der Waals surface area contributed by atoms with Crippen molar-refractivity contribution in [3.63, 3.8) is 0 Å². The maximum atomic E-state index is 13.3. The molecule has 5 nitrogen and oxygen atoms in total. The summed E-state index contributed by atoms with van der Waals surface area (Å²) in [5.41, 5.74) is -0.0929. The fraction of sp³-hybridized carbons (Fsp3) is 0.579. The van der Waals surface area contributed by atoms with Gasteiger partial charge in [-0.15, -0.1) is 0 Å². The van der Waals surface area contributed by atoms with Crippen LogP contribution in [0.25, 0.3) is 0 Å². The molecule has 0 aromatic heterocycles. The number of carbonyl (C=O) groups excluding carboxylic acids is 2. The van der Waals surface area contributed by atoms with Crippen molar-refractivity contribution in [3.8, 4) is 0 Å². The summed E-state index contributed by atoms with van der Waals surface area (Å²) >= 11 is 5.95. The highest BCUT2D eigenvalue weighted by atomic mass is 35.5. The molecule has 3 fully saturated rings. The van der Waals surface area contributed by atoms with E-state index in [0.717, 1.165) is 44.9 Å². The number of rotatable bonds is 3. The molecule has 2 amide bonds. The Morgan fingerprint density at radius 3 is 2.44 bits per heavy atom. The highest BCUT2D eigenvalue weighted by Gasteiger charge is 2.53. The molecule has 25 heavy (non-hydrogen) atoms. The van der Waals surface area contributed by atoms with Crippen molar-refractivity contribution in [2.75, 3.05) is 6.61 Å². The lowest BCUT2D eigenvalue weighted by atomic mass is 9.89. The molecular weight excluding hydrogens is 340 g/mol. The van der Waals surface area contributed by atoms with Gasteiger partial charge in [0, 0.05) is 16.6 Å². The average molecular weight is 363 g/mol. The largest absolute Gasteiger partial charge is 0.353 e.